The minimum absolute atomic E-state index is 0.0400. The molecule has 1 saturated heterocycles. The standard InChI is InChI=1S/C16H27N3O3S/c1-4-14-15(23-11(2)17-14)16(22)19-8-12(13(9-19)10-21)7-18(3)5-6-20/h12-13,20-21H,4-10H2,1-3H3. The molecule has 2 N–H and O–H groups in total. The summed E-state index contributed by atoms with van der Waals surface area (Å²) in [5, 5.41) is 19.6. The number of hydrogen-bond donors (Lipinski definition) is 2. The van der Waals surface area contributed by atoms with Crippen molar-refractivity contribution in [3.8, 4) is 0 Å². The van der Waals surface area contributed by atoms with Gasteiger partial charge >= 0.3 is 0 Å². The van der Waals surface area contributed by atoms with Gasteiger partial charge in [0.15, 0.2) is 0 Å². The molecule has 2 atom stereocenters. The van der Waals surface area contributed by atoms with Gasteiger partial charge in [0.2, 0.25) is 0 Å². The molecule has 2 heterocycles. The first-order valence-corrected chi connectivity index (χ1v) is 8.97. The fraction of sp³-hybridized carbons (Fsp3) is 0.750. The average Bonchev–Trinajstić information content (AvgIpc) is 3.09. The summed E-state index contributed by atoms with van der Waals surface area (Å²) < 4.78 is 0. The number of nitrogens with zero attached hydrogens (tertiary/aromatic N) is 3. The maximum absolute atomic E-state index is 12.8. The molecule has 7 heteroatoms. The first-order chi connectivity index (χ1) is 11.0. The molecule has 0 aliphatic carbocycles. The van der Waals surface area contributed by atoms with Crippen LogP contribution in [0.25, 0.3) is 0 Å². The Hall–Kier alpha value is -1.02. The van der Waals surface area contributed by atoms with Crippen LogP contribution in [0.5, 0.6) is 0 Å². The summed E-state index contributed by atoms with van der Waals surface area (Å²) in [6.45, 7) is 6.77. The molecule has 1 fully saturated rings. The number of aryl methyl sites for hydroxylation is 2. The van der Waals surface area contributed by atoms with E-state index in [-0.39, 0.29) is 31.0 Å². The van der Waals surface area contributed by atoms with Crippen molar-refractivity contribution >= 4 is 17.2 Å². The van der Waals surface area contributed by atoms with Gasteiger partial charge in [-0.1, -0.05) is 6.92 Å². The molecule has 1 aromatic rings. The Labute approximate surface area is 141 Å². The van der Waals surface area contributed by atoms with E-state index in [1.54, 1.807) is 0 Å². The second-order valence-corrected chi connectivity index (χ2v) is 7.46. The molecular weight excluding hydrogens is 314 g/mol. The number of amides is 1. The van der Waals surface area contributed by atoms with Gasteiger partial charge in [0.1, 0.15) is 4.88 Å². The third-order valence-corrected chi connectivity index (χ3v) is 5.46. The topological polar surface area (TPSA) is 76.9 Å². The zero-order chi connectivity index (χ0) is 17.0. The monoisotopic (exact) mass is 341 g/mol. The van der Waals surface area contributed by atoms with E-state index in [0.717, 1.165) is 28.5 Å². The largest absolute Gasteiger partial charge is 0.396 e. The molecule has 6 nitrogen and oxygen atoms in total. The van der Waals surface area contributed by atoms with Crippen LogP contribution >= 0.6 is 11.3 Å². The van der Waals surface area contributed by atoms with E-state index in [1.165, 1.54) is 11.3 Å². The summed E-state index contributed by atoms with van der Waals surface area (Å²) >= 11 is 1.46. The average molecular weight is 341 g/mol. The van der Waals surface area contributed by atoms with Crippen molar-refractivity contribution in [1.29, 1.82) is 0 Å². The molecule has 0 spiro atoms. The van der Waals surface area contributed by atoms with Crippen molar-refractivity contribution in [3.63, 3.8) is 0 Å². The summed E-state index contributed by atoms with van der Waals surface area (Å²) in [7, 11) is 1.96. The lowest BCUT2D eigenvalue weighted by atomic mass is 9.96. The zero-order valence-corrected chi connectivity index (χ0v) is 15.0. The van der Waals surface area contributed by atoms with E-state index in [2.05, 4.69) is 9.88 Å². The molecule has 1 aliphatic heterocycles. The van der Waals surface area contributed by atoms with Crippen molar-refractivity contribution < 1.29 is 15.0 Å². The lowest BCUT2D eigenvalue weighted by molar-refractivity contribution is 0.0782. The second-order valence-electron chi connectivity index (χ2n) is 6.26. The van der Waals surface area contributed by atoms with E-state index in [0.29, 0.717) is 19.6 Å². The summed E-state index contributed by atoms with van der Waals surface area (Å²) in [4.78, 5) is 21.9. The zero-order valence-electron chi connectivity index (χ0n) is 14.2. The predicted molar refractivity (Wildman–Crippen MR) is 90.8 cm³/mol. The van der Waals surface area contributed by atoms with Crippen molar-refractivity contribution in [1.82, 2.24) is 14.8 Å². The van der Waals surface area contributed by atoms with E-state index in [4.69, 9.17) is 5.11 Å². The van der Waals surface area contributed by atoms with Gasteiger partial charge in [-0.2, -0.15) is 0 Å². The maximum atomic E-state index is 12.8. The molecule has 130 valence electrons. The second kappa shape index (κ2) is 8.19. The number of aromatic nitrogens is 1. The minimum atomic E-state index is 0.0400. The SMILES string of the molecule is CCc1nc(C)sc1C(=O)N1CC(CO)C(CN(C)CCO)C1. The van der Waals surface area contributed by atoms with Crippen LogP contribution in [0.3, 0.4) is 0 Å². The van der Waals surface area contributed by atoms with Crippen LogP contribution < -0.4 is 0 Å². The third kappa shape index (κ3) is 4.29. The quantitative estimate of drug-likeness (QED) is 0.760. The Bertz CT molecular complexity index is 535. The van der Waals surface area contributed by atoms with Crippen LogP contribution in [-0.4, -0.2) is 77.3 Å². The highest BCUT2D eigenvalue weighted by atomic mass is 32.1. The molecule has 0 aromatic carbocycles. The fourth-order valence-corrected chi connectivity index (χ4v) is 4.18. The Morgan fingerprint density at radius 3 is 2.70 bits per heavy atom. The number of carbonyl (C=O) groups is 1. The first kappa shape index (κ1) is 18.3. The highest BCUT2D eigenvalue weighted by Crippen LogP contribution is 2.28. The Balaban J connectivity index is 2.07. The first-order valence-electron chi connectivity index (χ1n) is 8.15. The molecular formula is C16H27N3O3S. The van der Waals surface area contributed by atoms with Crippen LogP contribution in [-0.2, 0) is 6.42 Å². The molecule has 23 heavy (non-hydrogen) atoms. The van der Waals surface area contributed by atoms with E-state index >= 15 is 0 Å². The number of carbonyl (C=O) groups excluding carboxylic acids is 1. The Morgan fingerprint density at radius 2 is 2.09 bits per heavy atom. The predicted octanol–water partition coefficient (Wildman–Crippen LogP) is 0.619. The van der Waals surface area contributed by atoms with Gasteiger partial charge in [-0.15, -0.1) is 11.3 Å². The van der Waals surface area contributed by atoms with Gasteiger partial charge in [0, 0.05) is 38.7 Å². The van der Waals surface area contributed by atoms with Crippen LogP contribution in [0.15, 0.2) is 0 Å². The number of rotatable bonds is 7. The van der Waals surface area contributed by atoms with Crippen LogP contribution in [0.1, 0.15) is 27.3 Å². The number of aliphatic hydroxyl groups excluding tert-OH is 2. The molecule has 2 unspecified atom stereocenters. The van der Waals surface area contributed by atoms with Crippen LogP contribution in [0.2, 0.25) is 0 Å². The fourth-order valence-electron chi connectivity index (χ4n) is 3.20. The van der Waals surface area contributed by atoms with Gasteiger partial charge in [0.25, 0.3) is 5.91 Å². The van der Waals surface area contributed by atoms with E-state index in [1.807, 2.05) is 25.8 Å². The Morgan fingerprint density at radius 1 is 1.39 bits per heavy atom. The summed E-state index contributed by atoms with van der Waals surface area (Å²) in [5.74, 6) is 0.372. The van der Waals surface area contributed by atoms with Gasteiger partial charge in [-0.3, -0.25) is 4.79 Å². The number of aliphatic hydroxyl groups is 2. The molecule has 0 saturated carbocycles. The lowest BCUT2D eigenvalue weighted by Crippen LogP contribution is -2.33. The summed E-state index contributed by atoms with van der Waals surface area (Å²) in [5.41, 5.74) is 0.874. The normalized spacial score (nSPS) is 21.4. The lowest BCUT2D eigenvalue weighted by Gasteiger charge is -2.23. The summed E-state index contributed by atoms with van der Waals surface area (Å²) in [6, 6.07) is 0. The van der Waals surface area contributed by atoms with Crippen molar-refractivity contribution in [2.75, 3.05) is 46.4 Å². The molecule has 0 radical (unpaired) electrons. The molecule has 0 bridgehead atoms. The molecule has 1 aromatic heterocycles. The van der Waals surface area contributed by atoms with Gasteiger partial charge in [0.05, 0.1) is 17.3 Å². The van der Waals surface area contributed by atoms with Crippen LogP contribution in [0, 0.1) is 18.8 Å². The number of thiazole rings is 1. The molecule has 2 rings (SSSR count). The number of hydrogen-bond acceptors (Lipinski definition) is 6. The van der Waals surface area contributed by atoms with Crippen molar-refractivity contribution in [2.45, 2.75) is 20.3 Å². The minimum Gasteiger partial charge on any atom is -0.396 e. The molecule has 1 aliphatic rings. The molecule has 1 amide bonds. The van der Waals surface area contributed by atoms with E-state index < -0.39 is 0 Å². The Kier molecular flexibility index (Phi) is 6.52. The smallest absolute Gasteiger partial charge is 0.265 e. The third-order valence-electron chi connectivity index (χ3n) is 4.46. The van der Waals surface area contributed by atoms with Crippen LogP contribution in [0.4, 0.5) is 0 Å². The van der Waals surface area contributed by atoms with Gasteiger partial charge < -0.3 is 20.0 Å². The number of likely N-dealkylation sites (tertiary alicyclic amines) is 1. The highest BCUT2D eigenvalue weighted by Gasteiger charge is 2.36. The highest BCUT2D eigenvalue weighted by molar-refractivity contribution is 7.13. The number of likely N-dealkylation sites (N-methyl/N-ethyl adjacent to an activating group) is 1. The van der Waals surface area contributed by atoms with E-state index in [9.17, 15) is 9.90 Å². The van der Waals surface area contributed by atoms with Crippen molar-refractivity contribution in [2.24, 2.45) is 11.8 Å². The maximum Gasteiger partial charge on any atom is 0.265 e. The van der Waals surface area contributed by atoms with Crippen molar-refractivity contribution in [3.05, 3.63) is 15.6 Å². The van der Waals surface area contributed by atoms with Gasteiger partial charge in [-0.05, 0) is 26.3 Å². The van der Waals surface area contributed by atoms with Gasteiger partial charge in [-0.25, -0.2) is 4.98 Å². The summed E-state index contributed by atoms with van der Waals surface area (Å²) in [6.07, 6.45) is 0.755.